The second kappa shape index (κ2) is 14.4. The van der Waals surface area contributed by atoms with Crippen LogP contribution in [-0.2, 0) is 23.9 Å². The molecule has 12 heteroatoms. The van der Waals surface area contributed by atoms with Gasteiger partial charge in [-0.05, 0) is 55.7 Å². The van der Waals surface area contributed by atoms with Crippen LogP contribution in [0.4, 0.5) is 11.4 Å². The fourth-order valence-electron chi connectivity index (χ4n) is 4.60. The van der Waals surface area contributed by atoms with E-state index >= 15 is 0 Å². The number of fused-ring (bicyclic) bond motifs is 1. The summed E-state index contributed by atoms with van der Waals surface area (Å²) in [6.07, 6.45) is 2.51. The number of amides is 5. The molecular weight excluding hydrogens is 532 g/mol. The predicted octanol–water partition coefficient (Wildman–Crippen LogP) is 2.28. The third-order valence-electron chi connectivity index (χ3n) is 6.68. The molecule has 2 aromatic rings. The molecule has 0 spiro atoms. The summed E-state index contributed by atoms with van der Waals surface area (Å²) in [5.41, 5.74) is 6.72. The number of carbonyl (C=O) groups is 5. The molecule has 5 amide bonds. The first-order valence-corrected chi connectivity index (χ1v) is 13.6. The minimum Gasteiger partial charge on any atom is -0.491 e. The molecule has 4 N–H and O–H groups in total. The molecule has 1 fully saturated rings. The Morgan fingerprint density at radius 3 is 2.39 bits per heavy atom. The quantitative estimate of drug-likeness (QED) is 0.166. The third kappa shape index (κ3) is 7.89. The van der Waals surface area contributed by atoms with Gasteiger partial charge in [0, 0.05) is 25.1 Å². The van der Waals surface area contributed by atoms with Gasteiger partial charge in [0.1, 0.15) is 18.4 Å². The normalized spacial score (nSPS) is 16.5. The van der Waals surface area contributed by atoms with Gasteiger partial charge in [-0.2, -0.15) is 0 Å². The van der Waals surface area contributed by atoms with Crippen LogP contribution in [0.25, 0.3) is 0 Å². The highest BCUT2D eigenvalue weighted by molar-refractivity contribution is 6.26. The van der Waals surface area contributed by atoms with Gasteiger partial charge in [-0.25, -0.2) is 0 Å². The highest BCUT2D eigenvalue weighted by atomic mass is 16.5. The number of piperidine rings is 1. The summed E-state index contributed by atoms with van der Waals surface area (Å²) in [6.45, 7) is 2.34. The average molecular weight is 567 g/mol. The molecule has 0 aliphatic carbocycles. The Kier molecular flexibility index (Phi) is 10.4. The van der Waals surface area contributed by atoms with Gasteiger partial charge in [-0.1, -0.05) is 12.5 Å². The van der Waals surface area contributed by atoms with Gasteiger partial charge in [-0.3, -0.25) is 34.2 Å². The van der Waals surface area contributed by atoms with Gasteiger partial charge in [0.2, 0.25) is 17.7 Å². The SMILES string of the molecule is Nc1ccc(OCCOCCOCCCCCC(=O)Nc2cccc3c2C(=O)N(C2CCC(=O)NC2=O)C3=O)cc1. The van der Waals surface area contributed by atoms with Crippen LogP contribution in [0, 0.1) is 0 Å². The number of benzene rings is 2. The van der Waals surface area contributed by atoms with Crippen molar-refractivity contribution in [3.63, 3.8) is 0 Å². The number of imide groups is 2. The molecule has 12 nitrogen and oxygen atoms in total. The molecule has 0 bridgehead atoms. The Labute approximate surface area is 237 Å². The van der Waals surface area contributed by atoms with Crippen molar-refractivity contribution < 1.29 is 38.2 Å². The maximum absolute atomic E-state index is 13.1. The number of hydrogen-bond acceptors (Lipinski definition) is 9. The molecule has 2 heterocycles. The Morgan fingerprint density at radius 1 is 0.902 bits per heavy atom. The zero-order chi connectivity index (χ0) is 29.2. The molecule has 2 aromatic carbocycles. The highest BCUT2D eigenvalue weighted by Crippen LogP contribution is 2.32. The van der Waals surface area contributed by atoms with Crippen LogP contribution in [0.3, 0.4) is 0 Å². The Hall–Kier alpha value is -4.29. The van der Waals surface area contributed by atoms with Gasteiger partial charge >= 0.3 is 0 Å². The minimum absolute atomic E-state index is 0.0354. The van der Waals surface area contributed by atoms with E-state index < -0.39 is 29.7 Å². The zero-order valence-corrected chi connectivity index (χ0v) is 22.7. The number of hydrogen-bond donors (Lipinski definition) is 3. The van der Waals surface area contributed by atoms with Crippen LogP contribution in [-0.4, -0.2) is 73.5 Å². The molecule has 218 valence electrons. The Morgan fingerprint density at radius 2 is 1.63 bits per heavy atom. The van der Waals surface area contributed by atoms with E-state index in [2.05, 4.69) is 10.6 Å². The summed E-state index contributed by atoms with van der Waals surface area (Å²) in [5.74, 6) is -1.95. The van der Waals surface area contributed by atoms with Crippen LogP contribution < -0.4 is 21.1 Å². The number of nitrogens with zero attached hydrogens (tertiary/aromatic N) is 1. The van der Waals surface area contributed by atoms with Crippen molar-refractivity contribution in [2.45, 2.75) is 44.6 Å². The lowest BCUT2D eigenvalue weighted by Gasteiger charge is -2.27. The maximum atomic E-state index is 13.1. The molecule has 0 saturated carbocycles. The average Bonchev–Trinajstić information content (AvgIpc) is 3.20. The lowest BCUT2D eigenvalue weighted by Crippen LogP contribution is -2.54. The van der Waals surface area contributed by atoms with Crippen molar-refractivity contribution in [1.82, 2.24) is 10.2 Å². The first-order valence-electron chi connectivity index (χ1n) is 13.6. The number of carbonyl (C=O) groups excluding carboxylic acids is 5. The second-order valence-electron chi connectivity index (χ2n) is 9.68. The lowest BCUT2D eigenvalue weighted by atomic mass is 10.0. The number of anilines is 2. The first kappa shape index (κ1) is 29.7. The van der Waals surface area contributed by atoms with Crippen molar-refractivity contribution in [3.8, 4) is 5.75 Å². The monoisotopic (exact) mass is 566 g/mol. The van der Waals surface area contributed by atoms with Gasteiger partial charge in [0.05, 0.1) is 36.6 Å². The van der Waals surface area contributed by atoms with Crippen molar-refractivity contribution in [1.29, 1.82) is 0 Å². The van der Waals surface area contributed by atoms with Crippen LogP contribution in [0.2, 0.25) is 0 Å². The zero-order valence-electron chi connectivity index (χ0n) is 22.7. The van der Waals surface area contributed by atoms with E-state index in [4.69, 9.17) is 19.9 Å². The summed E-state index contributed by atoms with van der Waals surface area (Å²) in [4.78, 5) is 63.2. The summed E-state index contributed by atoms with van der Waals surface area (Å²) in [5, 5.41) is 4.89. The predicted molar refractivity (Wildman–Crippen MR) is 148 cm³/mol. The van der Waals surface area contributed by atoms with E-state index in [0.29, 0.717) is 45.1 Å². The fourth-order valence-corrected chi connectivity index (χ4v) is 4.60. The van der Waals surface area contributed by atoms with Gasteiger partial charge in [0.25, 0.3) is 11.8 Å². The van der Waals surface area contributed by atoms with E-state index in [1.165, 1.54) is 6.07 Å². The molecule has 2 aliphatic heterocycles. The van der Waals surface area contributed by atoms with Crippen LogP contribution in [0.5, 0.6) is 5.75 Å². The topological polar surface area (TPSA) is 166 Å². The van der Waals surface area contributed by atoms with Crippen molar-refractivity contribution in [3.05, 3.63) is 53.6 Å². The summed E-state index contributed by atoms with van der Waals surface area (Å²) in [6, 6.07) is 10.7. The van der Waals surface area contributed by atoms with E-state index in [0.717, 1.165) is 23.5 Å². The number of ether oxygens (including phenoxy) is 3. The second-order valence-corrected chi connectivity index (χ2v) is 9.68. The molecule has 1 unspecified atom stereocenters. The van der Waals surface area contributed by atoms with E-state index in [1.54, 1.807) is 36.4 Å². The molecule has 4 rings (SSSR count). The van der Waals surface area contributed by atoms with E-state index in [-0.39, 0.29) is 42.0 Å². The summed E-state index contributed by atoms with van der Waals surface area (Å²) in [7, 11) is 0. The number of rotatable bonds is 15. The fraction of sp³-hybridized carbons (Fsp3) is 0.414. The standard InChI is InChI=1S/C29H34N4O8/c30-19-8-10-20(11-9-19)41-18-17-40-16-15-39-14-3-1-2-7-24(34)31-22-6-4-5-21-26(22)29(38)33(28(21)37)23-12-13-25(35)32-27(23)36/h4-6,8-11,23H,1-3,7,12-18,30H2,(H,31,34)(H,32,35,36). The number of nitrogens with two attached hydrogens (primary N) is 1. The Balaban J connectivity index is 1.09. The molecule has 41 heavy (non-hydrogen) atoms. The van der Waals surface area contributed by atoms with E-state index in [1.807, 2.05) is 0 Å². The van der Waals surface area contributed by atoms with Gasteiger partial charge in [-0.15, -0.1) is 0 Å². The molecule has 0 aromatic heterocycles. The smallest absolute Gasteiger partial charge is 0.264 e. The summed E-state index contributed by atoms with van der Waals surface area (Å²) >= 11 is 0. The van der Waals surface area contributed by atoms with Crippen LogP contribution in [0.1, 0.15) is 59.2 Å². The largest absolute Gasteiger partial charge is 0.491 e. The number of unbranched alkanes of at least 4 members (excludes halogenated alkanes) is 2. The molecule has 2 aliphatic rings. The third-order valence-corrected chi connectivity index (χ3v) is 6.68. The lowest BCUT2D eigenvalue weighted by molar-refractivity contribution is -0.136. The van der Waals surface area contributed by atoms with Gasteiger partial charge < -0.3 is 25.3 Å². The first-order chi connectivity index (χ1) is 19.8. The summed E-state index contributed by atoms with van der Waals surface area (Å²) < 4.78 is 16.6. The van der Waals surface area contributed by atoms with Crippen LogP contribution >= 0.6 is 0 Å². The molecule has 0 radical (unpaired) electrons. The highest BCUT2D eigenvalue weighted by Gasteiger charge is 2.45. The minimum atomic E-state index is -1.06. The van der Waals surface area contributed by atoms with E-state index in [9.17, 15) is 24.0 Å². The molecular formula is C29H34N4O8. The van der Waals surface area contributed by atoms with Gasteiger partial charge in [0.15, 0.2) is 0 Å². The maximum Gasteiger partial charge on any atom is 0.264 e. The van der Waals surface area contributed by atoms with Crippen molar-refractivity contribution in [2.75, 3.05) is 44.1 Å². The van der Waals surface area contributed by atoms with Crippen molar-refractivity contribution in [2.24, 2.45) is 0 Å². The molecule has 1 atom stereocenters. The number of nitrogen functional groups attached to an aromatic ring is 1. The van der Waals surface area contributed by atoms with Crippen molar-refractivity contribution >= 4 is 40.9 Å². The molecule has 1 saturated heterocycles. The Bertz CT molecular complexity index is 1280. The number of nitrogens with one attached hydrogen (secondary N) is 2. The van der Waals surface area contributed by atoms with Crippen LogP contribution in [0.15, 0.2) is 42.5 Å².